The van der Waals surface area contributed by atoms with Gasteiger partial charge in [0.1, 0.15) is 9.52 Å². The monoisotopic (exact) mass is 262 g/mol. The second kappa shape index (κ2) is 3.38. The molecule has 1 aromatic rings. The second-order valence-electron chi connectivity index (χ2n) is 2.49. The van der Waals surface area contributed by atoms with E-state index in [2.05, 4.69) is 41.4 Å². The Bertz CT molecular complexity index is 248. The number of hydrogen-bond donors (Lipinski definition) is 1. The minimum atomic E-state index is 0.615. The number of nitrogen functional groups attached to an aromatic ring is 1. The number of aromatic nitrogens is 1. The zero-order chi connectivity index (χ0) is 8.43. The molecule has 3 heteroatoms. The van der Waals surface area contributed by atoms with Crippen molar-refractivity contribution in [2.75, 3.05) is 5.73 Å². The number of rotatable bonds is 1. The third kappa shape index (κ3) is 1.83. The molecule has 60 valence electrons. The fraction of sp³-hybridized carbons (Fsp3) is 0.375. The number of aryl methyl sites for hydroxylation is 1. The standard InChI is InChI=1S/C8H11IN2/c1-3-6-5(2)4-7(10)11-8(6)9/h4H,3H2,1-2H3,(H2,10,11). The predicted octanol–water partition coefficient (Wildman–Crippen LogP) is 2.14. The average molecular weight is 262 g/mol. The van der Waals surface area contributed by atoms with E-state index in [0.717, 1.165) is 10.1 Å². The molecule has 0 fully saturated rings. The van der Waals surface area contributed by atoms with Gasteiger partial charge in [0.15, 0.2) is 0 Å². The Labute approximate surface area is 80.3 Å². The SMILES string of the molecule is CCc1c(C)cc(N)nc1I. The Balaban J connectivity index is 3.25. The van der Waals surface area contributed by atoms with Gasteiger partial charge in [0.25, 0.3) is 0 Å². The first-order valence-electron chi connectivity index (χ1n) is 3.56. The maximum absolute atomic E-state index is 5.57. The molecule has 0 aliphatic heterocycles. The minimum Gasteiger partial charge on any atom is -0.384 e. The number of anilines is 1. The quantitative estimate of drug-likeness (QED) is 0.622. The van der Waals surface area contributed by atoms with Crippen LogP contribution in [0.3, 0.4) is 0 Å². The maximum Gasteiger partial charge on any atom is 0.124 e. The highest BCUT2D eigenvalue weighted by Gasteiger charge is 2.03. The second-order valence-corrected chi connectivity index (χ2v) is 3.51. The van der Waals surface area contributed by atoms with Crippen LogP contribution in [0, 0.1) is 10.6 Å². The third-order valence-corrected chi connectivity index (χ3v) is 2.56. The van der Waals surface area contributed by atoms with E-state index in [4.69, 9.17) is 5.73 Å². The van der Waals surface area contributed by atoms with Crippen LogP contribution in [-0.2, 0) is 6.42 Å². The molecule has 2 nitrogen and oxygen atoms in total. The van der Waals surface area contributed by atoms with Gasteiger partial charge in [-0.15, -0.1) is 0 Å². The molecule has 0 saturated heterocycles. The smallest absolute Gasteiger partial charge is 0.124 e. The fourth-order valence-electron chi connectivity index (χ4n) is 1.11. The molecule has 0 unspecified atom stereocenters. The lowest BCUT2D eigenvalue weighted by Crippen LogP contribution is -1.99. The van der Waals surface area contributed by atoms with E-state index in [1.54, 1.807) is 0 Å². The number of hydrogen-bond acceptors (Lipinski definition) is 2. The van der Waals surface area contributed by atoms with Gasteiger partial charge in [0.05, 0.1) is 0 Å². The molecular weight excluding hydrogens is 251 g/mol. The van der Waals surface area contributed by atoms with Gasteiger partial charge in [-0.3, -0.25) is 0 Å². The molecule has 1 aromatic heterocycles. The average Bonchev–Trinajstić information content (AvgIpc) is 1.85. The Hall–Kier alpha value is -0.320. The molecule has 0 aliphatic carbocycles. The molecule has 0 radical (unpaired) electrons. The van der Waals surface area contributed by atoms with Crippen molar-refractivity contribution in [1.29, 1.82) is 0 Å². The van der Waals surface area contributed by atoms with Crippen LogP contribution in [0.5, 0.6) is 0 Å². The number of pyridine rings is 1. The van der Waals surface area contributed by atoms with Crippen molar-refractivity contribution in [3.63, 3.8) is 0 Å². The molecule has 0 aromatic carbocycles. The molecule has 0 bridgehead atoms. The summed E-state index contributed by atoms with van der Waals surface area (Å²) in [4.78, 5) is 4.17. The van der Waals surface area contributed by atoms with Gasteiger partial charge < -0.3 is 5.73 Å². The van der Waals surface area contributed by atoms with Gasteiger partial charge in [-0.1, -0.05) is 6.92 Å². The van der Waals surface area contributed by atoms with E-state index >= 15 is 0 Å². The molecule has 11 heavy (non-hydrogen) atoms. The van der Waals surface area contributed by atoms with Crippen LogP contribution in [0.4, 0.5) is 5.82 Å². The highest BCUT2D eigenvalue weighted by molar-refractivity contribution is 14.1. The van der Waals surface area contributed by atoms with E-state index in [9.17, 15) is 0 Å². The summed E-state index contributed by atoms with van der Waals surface area (Å²) in [5, 5.41) is 0. The molecule has 1 heterocycles. The number of nitrogens with zero attached hydrogens (tertiary/aromatic N) is 1. The van der Waals surface area contributed by atoms with Crippen LogP contribution in [0.1, 0.15) is 18.1 Å². The van der Waals surface area contributed by atoms with Gasteiger partial charge >= 0.3 is 0 Å². The first-order valence-corrected chi connectivity index (χ1v) is 4.64. The maximum atomic E-state index is 5.57. The van der Waals surface area contributed by atoms with E-state index in [-0.39, 0.29) is 0 Å². The molecule has 0 aliphatic rings. The van der Waals surface area contributed by atoms with Crippen molar-refractivity contribution < 1.29 is 0 Å². The minimum absolute atomic E-state index is 0.615. The lowest BCUT2D eigenvalue weighted by Gasteiger charge is -2.05. The molecule has 0 atom stereocenters. The molecule has 0 saturated carbocycles. The molecule has 0 amide bonds. The Morgan fingerprint density at radius 2 is 2.27 bits per heavy atom. The van der Waals surface area contributed by atoms with Crippen LogP contribution in [0.15, 0.2) is 6.07 Å². The largest absolute Gasteiger partial charge is 0.384 e. The molecule has 2 N–H and O–H groups in total. The first-order chi connectivity index (χ1) is 5.15. The summed E-state index contributed by atoms with van der Waals surface area (Å²) < 4.78 is 1.03. The van der Waals surface area contributed by atoms with Crippen molar-refractivity contribution >= 4 is 28.4 Å². The van der Waals surface area contributed by atoms with E-state index in [1.807, 2.05) is 6.07 Å². The van der Waals surface area contributed by atoms with Crippen molar-refractivity contribution in [1.82, 2.24) is 4.98 Å². The van der Waals surface area contributed by atoms with Gasteiger partial charge in [-0.25, -0.2) is 4.98 Å². The van der Waals surface area contributed by atoms with Crippen LogP contribution >= 0.6 is 22.6 Å². The van der Waals surface area contributed by atoms with Gasteiger partial charge in [0.2, 0.25) is 0 Å². The van der Waals surface area contributed by atoms with Gasteiger partial charge in [0, 0.05) is 0 Å². The summed E-state index contributed by atoms with van der Waals surface area (Å²) in [6.45, 7) is 4.20. The first kappa shape index (κ1) is 8.77. The van der Waals surface area contributed by atoms with Crippen LogP contribution < -0.4 is 5.73 Å². The summed E-state index contributed by atoms with van der Waals surface area (Å²) in [5.41, 5.74) is 8.11. The third-order valence-electron chi connectivity index (χ3n) is 1.67. The predicted molar refractivity (Wildman–Crippen MR) is 55.5 cm³/mol. The Kier molecular flexibility index (Phi) is 2.70. The van der Waals surface area contributed by atoms with Gasteiger partial charge in [-0.2, -0.15) is 0 Å². The van der Waals surface area contributed by atoms with E-state index in [1.165, 1.54) is 11.1 Å². The molecule has 1 rings (SSSR count). The number of halogens is 1. The summed E-state index contributed by atoms with van der Waals surface area (Å²) >= 11 is 2.22. The summed E-state index contributed by atoms with van der Waals surface area (Å²) in [5.74, 6) is 0.615. The van der Waals surface area contributed by atoms with Crippen molar-refractivity contribution in [2.45, 2.75) is 20.3 Å². The van der Waals surface area contributed by atoms with Crippen LogP contribution in [0.2, 0.25) is 0 Å². The van der Waals surface area contributed by atoms with Crippen molar-refractivity contribution in [3.8, 4) is 0 Å². The fourth-order valence-corrected chi connectivity index (χ4v) is 2.19. The molecular formula is C8H11IN2. The summed E-state index contributed by atoms with van der Waals surface area (Å²) in [6.07, 6.45) is 1.03. The summed E-state index contributed by atoms with van der Waals surface area (Å²) in [7, 11) is 0. The highest BCUT2D eigenvalue weighted by Crippen LogP contribution is 2.17. The lowest BCUT2D eigenvalue weighted by atomic mass is 10.1. The zero-order valence-electron chi connectivity index (χ0n) is 6.69. The molecule has 0 spiro atoms. The zero-order valence-corrected chi connectivity index (χ0v) is 8.84. The van der Waals surface area contributed by atoms with Crippen molar-refractivity contribution in [2.24, 2.45) is 0 Å². The number of nitrogens with two attached hydrogens (primary N) is 1. The Morgan fingerprint density at radius 3 is 2.73 bits per heavy atom. The van der Waals surface area contributed by atoms with Crippen LogP contribution in [-0.4, -0.2) is 4.98 Å². The lowest BCUT2D eigenvalue weighted by molar-refractivity contribution is 1.05. The highest BCUT2D eigenvalue weighted by atomic mass is 127. The normalized spacial score (nSPS) is 10.1. The Morgan fingerprint density at radius 1 is 1.64 bits per heavy atom. The van der Waals surface area contributed by atoms with E-state index in [0.29, 0.717) is 5.82 Å². The van der Waals surface area contributed by atoms with Crippen LogP contribution in [0.25, 0.3) is 0 Å². The van der Waals surface area contributed by atoms with Crippen molar-refractivity contribution in [3.05, 3.63) is 20.9 Å². The van der Waals surface area contributed by atoms with E-state index < -0.39 is 0 Å². The van der Waals surface area contributed by atoms with Gasteiger partial charge in [-0.05, 0) is 53.1 Å². The summed E-state index contributed by atoms with van der Waals surface area (Å²) in [6, 6.07) is 1.92. The topological polar surface area (TPSA) is 38.9 Å².